The zero-order chi connectivity index (χ0) is 13.5. The van der Waals surface area contributed by atoms with Crippen LogP contribution in [0.15, 0.2) is 0 Å². The molecule has 0 heterocycles. The molecule has 0 saturated heterocycles. The summed E-state index contributed by atoms with van der Waals surface area (Å²) in [4.78, 5) is 35.8. The molecule has 1 aliphatic carbocycles. The number of ether oxygens (including phenoxy) is 2. The van der Waals surface area contributed by atoms with Gasteiger partial charge in [0, 0.05) is 26.1 Å². The van der Waals surface area contributed by atoms with E-state index in [0.717, 1.165) is 0 Å². The molecule has 102 valence electrons. The molecule has 0 spiro atoms. The number of carbonyl (C=O) groups is 3. The molecule has 0 atom stereocenters. The van der Waals surface area contributed by atoms with Crippen LogP contribution in [0.5, 0.6) is 0 Å². The first kappa shape index (κ1) is 15.0. The highest BCUT2D eigenvalue weighted by molar-refractivity contribution is 6.20. The van der Waals surface area contributed by atoms with Crippen LogP contribution in [0.4, 0.5) is 0 Å². The second kappa shape index (κ2) is 7.38. The largest absolute Gasteiger partial charge is 0.346 e. The summed E-state index contributed by atoms with van der Waals surface area (Å²) in [5.74, 6) is -2.33. The van der Waals surface area contributed by atoms with Crippen molar-refractivity contribution in [3.63, 3.8) is 0 Å². The molecule has 0 unspecified atom stereocenters. The summed E-state index contributed by atoms with van der Waals surface area (Å²) < 4.78 is 10.3. The van der Waals surface area contributed by atoms with Gasteiger partial charge in [0.25, 0.3) is 0 Å². The van der Waals surface area contributed by atoms with Crippen LogP contribution in [-0.4, -0.2) is 36.9 Å². The van der Waals surface area contributed by atoms with Crippen molar-refractivity contribution >= 4 is 17.3 Å². The molecule has 0 aromatic rings. The molecule has 0 N–H and O–H groups in total. The maximum absolute atomic E-state index is 12.2. The van der Waals surface area contributed by atoms with Crippen molar-refractivity contribution in [2.24, 2.45) is 5.92 Å². The highest BCUT2D eigenvalue weighted by atomic mass is 16.7. The van der Waals surface area contributed by atoms with E-state index in [1.807, 2.05) is 0 Å². The Kier molecular flexibility index (Phi) is 6.15. The van der Waals surface area contributed by atoms with E-state index in [-0.39, 0.29) is 24.4 Å². The molecule has 18 heavy (non-hydrogen) atoms. The molecule has 0 amide bonds. The fraction of sp³-hybridized carbons (Fsp3) is 0.769. The average Bonchev–Trinajstić information content (AvgIpc) is 2.50. The molecular formula is C13H20O5. The van der Waals surface area contributed by atoms with Crippen molar-refractivity contribution in [2.45, 2.75) is 45.8 Å². The Bertz CT molecular complexity index is 299. The van der Waals surface area contributed by atoms with E-state index < -0.39 is 18.0 Å². The molecule has 0 aromatic carbocycles. The lowest BCUT2D eigenvalue weighted by Gasteiger charge is -2.19. The summed E-state index contributed by atoms with van der Waals surface area (Å²) in [5.41, 5.74) is 0. The molecule has 0 radical (unpaired) electrons. The standard InChI is InChI=1S/C13H20O5/c1-3-17-13(18-4-2)12(16)11-9(14)7-5-6-8-10(11)15/h11,13H,3-8H2,1-2H3. The number of carbonyl (C=O) groups excluding carboxylic acids is 3. The molecule has 5 nitrogen and oxygen atoms in total. The third-order valence-corrected chi connectivity index (χ3v) is 2.89. The number of hydrogen-bond donors (Lipinski definition) is 0. The van der Waals surface area contributed by atoms with Crippen molar-refractivity contribution < 1.29 is 23.9 Å². The van der Waals surface area contributed by atoms with Crippen LogP contribution in [0.1, 0.15) is 39.5 Å². The Morgan fingerprint density at radius 1 is 1.11 bits per heavy atom. The van der Waals surface area contributed by atoms with Crippen molar-refractivity contribution in [3.8, 4) is 0 Å². The lowest BCUT2D eigenvalue weighted by molar-refractivity contribution is -0.173. The van der Waals surface area contributed by atoms with Gasteiger partial charge in [-0.25, -0.2) is 0 Å². The monoisotopic (exact) mass is 256 g/mol. The van der Waals surface area contributed by atoms with E-state index in [4.69, 9.17) is 9.47 Å². The van der Waals surface area contributed by atoms with Crippen LogP contribution in [-0.2, 0) is 23.9 Å². The minimum atomic E-state index is -1.18. The highest BCUT2D eigenvalue weighted by Gasteiger charge is 2.39. The van der Waals surface area contributed by atoms with Crippen molar-refractivity contribution in [1.82, 2.24) is 0 Å². The van der Waals surface area contributed by atoms with Gasteiger partial charge < -0.3 is 9.47 Å². The van der Waals surface area contributed by atoms with Crippen LogP contribution in [0.25, 0.3) is 0 Å². The molecular weight excluding hydrogens is 236 g/mol. The zero-order valence-corrected chi connectivity index (χ0v) is 10.9. The Morgan fingerprint density at radius 2 is 1.56 bits per heavy atom. The number of Topliss-reactive ketones (excluding diaryl/α,β-unsaturated/α-hetero) is 3. The summed E-state index contributed by atoms with van der Waals surface area (Å²) in [7, 11) is 0. The van der Waals surface area contributed by atoms with Gasteiger partial charge in [0.05, 0.1) is 0 Å². The van der Waals surface area contributed by atoms with E-state index in [1.54, 1.807) is 13.8 Å². The zero-order valence-electron chi connectivity index (χ0n) is 10.9. The van der Waals surface area contributed by atoms with E-state index in [0.29, 0.717) is 26.1 Å². The van der Waals surface area contributed by atoms with Gasteiger partial charge in [0.1, 0.15) is 5.92 Å². The van der Waals surface area contributed by atoms with Crippen LogP contribution in [0, 0.1) is 5.92 Å². The molecule has 0 aliphatic heterocycles. The summed E-state index contributed by atoms with van der Waals surface area (Å²) in [6.07, 6.45) is 0.807. The molecule has 0 aromatic heterocycles. The predicted octanol–water partition coefficient (Wildman–Crippen LogP) is 1.28. The van der Waals surface area contributed by atoms with Gasteiger partial charge in [-0.15, -0.1) is 0 Å². The number of hydrogen-bond acceptors (Lipinski definition) is 5. The van der Waals surface area contributed by atoms with Gasteiger partial charge in [0.2, 0.25) is 12.1 Å². The lowest BCUT2D eigenvalue weighted by atomic mass is 9.92. The van der Waals surface area contributed by atoms with Crippen LogP contribution < -0.4 is 0 Å². The Balaban J connectivity index is 2.82. The minimum Gasteiger partial charge on any atom is -0.346 e. The van der Waals surface area contributed by atoms with Gasteiger partial charge in [-0.05, 0) is 26.7 Å². The first-order chi connectivity index (χ1) is 8.61. The van der Waals surface area contributed by atoms with E-state index in [2.05, 4.69) is 0 Å². The van der Waals surface area contributed by atoms with Crippen molar-refractivity contribution in [1.29, 1.82) is 0 Å². The van der Waals surface area contributed by atoms with E-state index in [9.17, 15) is 14.4 Å². The average molecular weight is 256 g/mol. The predicted molar refractivity (Wildman–Crippen MR) is 64.0 cm³/mol. The first-order valence-corrected chi connectivity index (χ1v) is 6.44. The lowest BCUT2D eigenvalue weighted by Crippen LogP contribution is -2.40. The Morgan fingerprint density at radius 3 is 1.94 bits per heavy atom. The van der Waals surface area contributed by atoms with Crippen LogP contribution >= 0.6 is 0 Å². The van der Waals surface area contributed by atoms with Gasteiger partial charge >= 0.3 is 0 Å². The smallest absolute Gasteiger partial charge is 0.219 e. The van der Waals surface area contributed by atoms with Crippen LogP contribution in [0.3, 0.4) is 0 Å². The SMILES string of the molecule is CCOC(OCC)C(=O)C1C(=O)CCCCC1=O. The number of rotatable bonds is 6. The topological polar surface area (TPSA) is 69.7 Å². The fourth-order valence-corrected chi connectivity index (χ4v) is 2.04. The molecule has 5 heteroatoms. The maximum Gasteiger partial charge on any atom is 0.219 e. The second-order valence-electron chi connectivity index (χ2n) is 4.22. The second-order valence-corrected chi connectivity index (χ2v) is 4.22. The van der Waals surface area contributed by atoms with Crippen molar-refractivity contribution in [3.05, 3.63) is 0 Å². The summed E-state index contributed by atoms with van der Waals surface area (Å²) >= 11 is 0. The van der Waals surface area contributed by atoms with Crippen LogP contribution in [0.2, 0.25) is 0 Å². The van der Waals surface area contributed by atoms with Crippen molar-refractivity contribution in [2.75, 3.05) is 13.2 Å². The normalized spacial score (nSPS) is 18.2. The Labute approximate surface area is 107 Å². The molecule has 1 fully saturated rings. The van der Waals surface area contributed by atoms with E-state index in [1.165, 1.54) is 0 Å². The molecule has 1 rings (SSSR count). The maximum atomic E-state index is 12.2. The summed E-state index contributed by atoms with van der Waals surface area (Å²) in [6, 6.07) is 0. The van der Waals surface area contributed by atoms with Gasteiger partial charge in [-0.2, -0.15) is 0 Å². The van der Waals surface area contributed by atoms with E-state index >= 15 is 0 Å². The van der Waals surface area contributed by atoms with Gasteiger partial charge in [-0.1, -0.05) is 0 Å². The minimum absolute atomic E-state index is 0.285. The quantitative estimate of drug-likeness (QED) is 0.407. The first-order valence-electron chi connectivity index (χ1n) is 6.44. The van der Waals surface area contributed by atoms with Gasteiger partial charge in [-0.3, -0.25) is 14.4 Å². The molecule has 1 saturated carbocycles. The Hall–Kier alpha value is -1.07. The summed E-state index contributed by atoms with van der Waals surface area (Å²) in [5, 5.41) is 0. The third kappa shape index (κ3) is 3.71. The highest BCUT2D eigenvalue weighted by Crippen LogP contribution is 2.20. The third-order valence-electron chi connectivity index (χ3n) is 2.89. The fourth-order valence-electron chi connectivity index (χ4n) is 2.04. The molecule has 1 aliphatic rings. The number of ketones is 3. The molecule has 0 bridgehead atoms. The summed E-state index contributed by atoms with van der Waals surface area (Å²) in [6.45, 7) is 4.06. The van der Waals surface area contributed by atoms with Gasteiger partial charge in [0.15, 0.2) is 11.6 Å².